The summed E-state index contributed by atoms with van der Waals surface area (Å²) in [6, 6.07) is 5.25. The van der Waals surface area contributed by atoms with Crippen LogP contribution < -0.4 is 19.5 Å². The van der Waals surface area contributed by atoms with Crippen molar-refractivity contribution >= 4 is 12.0 Å². The molecule has 9 nitrogen and oxygen atoms in total. The van der Waals surface area contributed by atoms with Gasteiger partial charge in [0, 0.05) is 26.1 Å². The van der Waals surface area contributed by atoms with Crippen molar-refractivity contribution in [3.63, 3.8) is 0 Å². The Morgan fingerprint density at radius 1 is 1.16 bits per heavy atom. The lowest BCUT2D eigenvalue weighted by Gasteiger charge is -2.33. The fourth-order valence-corrected chi connectivity index (χ4v) is 3.41. The maximum atomic E-state index is 12.3. The number of ether oxygens (including phenoxy) is 4. The Morgan fingerprint density at radius 2 is 1.75 bits per heavy atom. The van der Waals surface area contributed by atoms with Gasteiger partial charge in [-0.05, 0) is 51.7 Å². The molecule has 1 heterocycles. The van der Waals surface area contributed by atoms with E-state index in [-0.39, 0.29) is 31.1 Å². The Bertz CT molecular complexity index is 733. The highest BCUT2D eigenvalue weighted by Crippen LogP contribution is 2.36. The minimum Gasteiger partial charge on any atom is -0.493 e. The Balaban J connectivity index is 1.70. The quantitative estimate of drug-likeness (QED) is 0.593. The third-order valence-corrected chi connectivity index (χ3v) is 5.08. The maximum Gasteiger partial charge on any atom is 0.410 e. The summed E-state index contributed by atoms with van der Waals surface area (Å²) in [6.07, 6.45) is 0.645. The van der Waals surface area contributed by atoms with Crippen LogP contribution in [0.5, 0.6) is 17.2 Å². The first kappa shape index (κ1) is 25.6. The fraction of sp³-hybridized carbons (Fsp3) is 0.652. The van der Waals surface area contributed by atoms with Crippen LogP contribution in [0.25, 0.3) is 0 Å². The molecule has 1 unspecified atom stereocenters. The zero-order valence-corrected chi connectivity index (χ0v) is 19.7. The van der Waals surface area contributed by atoms with Crippen LogP contribution in [0.3, 0.4) is 0 Å². The highest BCUT2D eigenvalue weighted by atomic mass is 16.6. The number of methoxy groups -OCH3 is 2. The van der Waals surface area contributed by atoms with Crippen molar-refractivity contribution < 1.29 is 33.6 Å². The van der Waals surface area contributed by atoms with E-state index in [2.05, 4.69) is 5.32 Å². The van der Waals surface area contributed by atoms with Crippen LogP contribution in [0.1, 0.15) is 40.0 Å². The summed E-state index contributed by atoms with van der Waals surface area (Å²) in [6.45, 7) is 6.73. The Hall–Kier alpha value is -2.68. The summed E-state index contributed by atoms with van der Waals surface area (Å²) in [4.78, 5) is 26.1. The van der Waals surface area contributed by atoms with E-state index in [0.29, 0.717) is 36.8 Å². The van der Waals surface area contributed by atoms with Crippen molar-refractivity contribution in [2.24, 2.45) is 5.92 Å². The molecule has 1 atom stereocenters. The number of rotatable bonds is 9. The van der Waals surface area contributed by atoms with Crippen molar-refractivity contribution in [2.45, 2.75) is 51.7 Å². The van der Waals surface area contributed by atoms with E-state index in [1.54, 1.807) is 23.1 Å². The van der Waals surface area contributed by atoms with Crippen LogP contribution in [0, 0.1) is 5.92 Å². The lowest BCUT2D eigenvalue weighted by atomic mass is 9.93. The lowest BCUT2D eigenvalue weighted by molar-refractivity contribution is -0.122. The van der Waals surface area contributed by atoms with Crippen LogP contribution in [-0.2, 0) is 9.53 Å². The number of aliphatic hydroxyl groups excluding tert-OH is 1. The van der Waals surface area contributed by atoms with Gasteiger partial charge in [-0.3, -0.25) is 4.79 Å². The second-order valence-electron chi connectivity index (χ2n) is 8.88. The SMILES string of the molecule is COc1cccc(OC)c1OCC(O)CNC(=O)CC1CCN(C(=O)OC(C)(C)C)CC1. The van der Waals surface area contributed by atoms with E-state index in [1.165, 1.54) is 14.2 Å². The van der Waals surface area contributed by atoms with Gasteiger partial charge in [-0.1, -0.05) is 6.07 Å². The van der Waals surface area contributed by atoms with Gasteiger partial charge >= 0.3 is 6.09 Å². The second kappa shape index (κ2) is 11.8. The molecule has 0 spiro atoms. The Kier molecular flexibility index (Phi) is 9.43. The Labute approximate surface area is 190 Å². The monoisotopic (exact) mass is 452 g/mol. The maximum absolute atomic E-state index is 12.3. The molecule has 1 aliphatic heterocycles. The molecule has 0 radical (unpaired) electrons. The first-order chi connectivity index (χ1) is 15.1. The normalized spacial score (nSPS) is 15.6. The predicted octanol–water partition coefficient (Wildman–Crippen LogP) is 2.60. The predicted molar refractivity (Wildman–Crippen MR) is 119 cm³/mol. The number of hydrogen-bond acceptors (Lipinski definition) is 7. The minimum atomic E-state index is -0.886. The molecule has 1 aliphatic rings. The molecule has 2 amide bonds. The third kappa shape index (κ3) is 8.11. The molecule has 1 saturated heterocycles. The number of aliphatic hydroxyl groups is 1. The standard InChI is InChI=1S/C23H36N2O7/c1-23(2,3)32-22(28)25-11-9-16(10-12-25)13-20(27)24-14-17(26)15-31-21-18(29-4)7-6-8-19(21)30-5/h6-8,16-17,26H,9-15H2,1-5H3,(H,24,27). The van der Waals surface area contributed by atoms with E-state index in [0.717, 1.165) is 12.8 Å². The number of amides is 2. The van der Waals surface area contributed by atoms with Crippen LogP contribution in [-0.4, -0.2) is 74.2 Å². The van der Waals surface area contributed by atoms with Gasteiger partial charge in [-0.25, -0.2) is 4.79 Å². The number of benzene rings is 1. The summed E-state index contributed by atoms with van der Waals surface area (Å²) in [5.74, 6) is 1.46. The number of piperidine rings is 1. The van der Waals surface area contributed by atoms with Crippen molar-refractivity contribution in [1.29, 1.82) is 0 Å². The molecule has 9 heteroatoms. The molecule has 1 aromatic rings. The molecule has 1 fully saturated rings. The second-order valence-corrected chi connectivity index (χ2v) is 8.88. The van der Waals surface area contributed by atoms with Crippen molar-refractivity contribution in [1.82, 2.24) is 10.2 Å². The number of nitrogens with zero attached hydrogens (tertiary/aromatic N) is 1. The number of carbonyl (C=O) groups is 2. The highest BCUT2D eigenvalue weighted by Gasteiger charge is 2.27. The van der Waals surface area contributed by atoms with E-state index >= 15 is 0 Å². The molecule has 2 rings (SSSR count). The summed E-state index contributed by atoms with van der Waals surface area (Å²) >= 11 is 0. The highest BCUT2D eigenvalue weighted by molar-refractivity contribution is 5.76. The molecular formula is C23H36N2O7. The van der Waals surface area contributed by atoms with E-state index in [9.17, 15) is 14.7 Å². The smallest absolute Gasteiger partial charge is 0.410 e. The average molecular weight is 453 g/mol. The number of nitrogens with one attached hydrogen (secondary N) is 1. The van der Waals surface area contributed by atoms with Gasteiger partial charge in [0.15, 0.2) is 11.5 Å². The van der Waals surface area contributed by atoms with E-state index in [4.69, 9.17) is 18.9 Å². The van der Waals surface area contributed by atoms with Gasteiger partial charge in [0.05, 0.1) is 14.2 Å². The fourth-order valence-electron chi connectivity index (χ4n) is 3.41. The van der Waals surface area contributed by atoms with Gasteiger partial charge < -0.3 is 34.3 Å². The van der Waals surface area contributed by atoms with E-state index in [1.807, 2.05) is 20.8 Å². The number of hydrogen-bond donors (Lipinski definition) is 2. The molecule has 0 saturated carbocycles. The summed E-state index contributed by atoms with van der Waals surface area (Å²) in [7, 11) is 3.05. The van der Waals surface area contributed by atoms with Gasteiger partial charge in [0.25, 0.3) is 0 Å². The molecular weight excluding hydrogens is 416 g/mol. The zero-order valence-electron chi connectivity index (χ0n) is 19.7. The summed E-state index contributed by atoms with van der Waals surface area (Å²) < 4.78 is 21.6. The average Bonchev–Trinajstić information content (AvgIpc) is 2.75. The number of likely N-dealkylation sites (tertiary alicyclic amines) is 1. The van der Waals surface area contributed by atoms with Crippen LogP contribution in [0.2, 0.25) is 0 Å². The third-order valence-electron chi connectivity index (χ3n) is 5.08. The first-order valence-corrected chi connectivity index (χ1v) is 10.9. The molecule has 1 aromatic carbocycles. The Morgan fingerprint density at radius 3 is 2.28 bits per heavy atom. The zero-order chi connectivity index (χ0) is 23.7. The van der Waals surface area contributed by atoms with Crippen LogP contribution in [0.15, 0.2) is 18.2 Å². The van der Waals surface area contributed by atoms with Crippen molar-refractivity contribution in [3.8, 4) is 17.2 Å². The molecule has 32 heavy (non-hydrogen) atoms. The first-order valence-electron chi connectivity index (χ1n) is 10.9. The number of para-hydroxylation sites is 1. The molecule has 180 valence electrons. The summed E-state index contributed by atoms with van der Waals surface area (Å²) in [5, 5.41) is 13.0. The van der Waals surface area contributed by atoms with Gasteiger partial charge in [-0.15, -0.1) is 0 Å². The van der Waals surface area contributed by atoms with Gasteiger partial charge in [0.2, 0.25) is 11.7 Å². The molecule has 0 aliphatic carbocycles. The topological polar surface area (TPSA) is 107 Å². The molecule has 0 aromatic heterocycles. The molecule has 0 bridgehead atoms. The van der Waals surface area contributed by atoms with E-state index < -0.39 is 11.7 Å². The van der Waals surface area contributed by atoms with Gasteiger partial charge in [0.1, 0.15) is 18.3 Å². The molecule has 2 N–H and O–H groups in total. The van der Waals surface area contributed by atoms with Crippen LogP contribution in [0.4, 0.5) is 4.79 Å². The number of carbonyl (C=O) groups excluding carboxylic acids is 2. The van der Waals surface area contributed by atoms with Crippen LogP contribution >= 0.6 is 0 Å². The summed E-state index contributed by atoms with van der Waals surface area (Å²) in [5.41, 5.74) is -0.519. The largest absolute Gasteiger partial charge is 0.493 e. The van der Waals surface area contributed by atoms with Crippen molar-refractivity contribution in [2.75, 3.05) is 40.5 Å². The van der Waals surface area contributed by atoms with Gasteiger partial charge in [-0.2, -0.15) is 0 Å². The lowest BCUT2D eigenvalue weighted by Crippen LogP contribution is -2.42. The minimum absolute atomic E-state index is 0.0225. The van der Waals surface area contributed by atoms with Crippen molar-refractivity contribution in [3.05, 3.63) is 18.2 Å².